The van der Waals surface area contributed by atoms with Crippen LogP contribution in [0.25, 0.3) is 11.3 Å². The average Bonchev–Trinajstić information content (AvgIpc) is 3.07. The third-order valence-corrected chi connectivity index (χ3v) is 4.15. The standard InChI is InChI=1S/C20H28N2O3/c1-5-9-17(24-4)12-13-25-20(23)18-14-22(15(2)3)21-19(18)16-10-7-6-8-11-16/h6-8,10-11,14-15,17H,5,9,12-13H2,1-4H3. The molecule has 136 valence electrons. The van der Waals surface area contributed by atoms with Crippen molar-refractivity contribution in [2.24, 2.45) is 0 Å². The van der Waals surface area contributed by atoms with Crippen LogP contribution >= 0.6 is 0 Å². The minimum atomic E-state index is -0.336. The van der Waals surface area contributed by atoms with Gasteiger partial charge < -0.3 is 9.47 Å². The van der Waals surface area contributed by atoms with Crippen molar-refractivity contribution in [1.82, 2.24) is 9.78 Å². The van der Waals surface area contributed by atoms with E-state index in [1.807, 2.05) is 44.2 Å². The zero-order chi connectivity index (χ0) is 18.2. The highest BCUT2D eigenvalue weighted by atomic mass is 16.5. The number of aromatic nitrogens is 2. The van der Waals surface area contributed by atoms with Crippen LogP contribution in [0.3, 0.4) is 0 Å². The Morgan fingerprint density at radius 3 is 2.52 bits per heavy atom. The summed E-state index contributed by atoms with van der Waals surface area (Å²) in [6.07, 6.45) is 4.62. The van der Waals surface area contributed by atoms with Gasteiger partial charge in [0.25, 0.3) is 0 Å². The number of methoxy groups -OCH3 is 1. The van der Waals surface area contributed by atoms with Crippen LogP contribution in [0.4, 0.5) is 0 Å². The van der Waals surface area contributed by atoms with Crippen LogP contribution in [-0.4, -0.2) is 35.6 Å². The largest absolute Gasteiger partial charge is 0.462 e. The smallest absolute Gasteiger partial charge is 0.342 e. The summed E-state index contributed by atoms with van der Waals surface area (Å²) in [6.45, 7) is 6.53. The van der Waals surface area contributed by atoms with Crippen molar-refractivity contribution in [3.8, 4) is 11.3 Å². The number of hydrogen-bond donors (Lipinski definition) is 0. The second-order valence-corrected chi connectivity index (χ2v) is 6.40. The maximum atomic E-state index is 12.6. The highest BCUT2D eigenvalue weighted by Gasteiger charge is 2.20. The number of nitrogens with zero attached hydrogens (tertiary/aromatic N) is 2. The number of benzene rings is 1. The number of rotatable bonds is 9. The molecule has 0 saturated carbocycles. The second kappa shape index (κ2) is 9.37. The van der Waals surface area contributed by atoms with Gasteiger partial charge in [-0.05, 0) is 20.3 Å². The van der Waals surface area contributed by atoms with Crippen LogP contribution in [0, 0.1) is 0 Å². The number of carbonyl (C=O) groups excluding carboxylic acids is 1. The van der Waals surface area contributed by atoms with Gasteiger partial charge in [0.1, 0.15) is 11.3 Å². The van der Waals surface area contributed by atoms with Gasteiger partial charge in [-0.3, -0.25) is 4.68 Å². The molecule has 0 bridgehead atoms. The van der Waals surface area contributed by atoms with Crippen LogP contribution in [0.1, 0.15) is 56.4 Å². The lowest BCUT2D eigenvalue weighted by molar-refractivity contribution is 0.0341. The predicted molar refractivity (Wildman–Crippen MR) is 98.7 cm³/mol. The predicted octanol–water partition coefficient (Wildman–Crippen LogP) is 4.49. The third-order valence-electron chi connectivity index (χ3n) is 4.15. The zero-order valence-electron chi connectivity index (χ0n) is 15.6. The Balaban J connectivity index is 2.13. The third kappa shape index (κ3) is 5.16. The summed E-state index contributed by atoms with van der Waals surface area (Å²) in [7, 11) is 1.70. The number of hydrogen-bond acceptors (Lipinski definition) is 4. The van der Waals surface area contributed by atoms with E-state index >= 15 is 0 Å². The molecule has 0 amide bonds. The Bertz CT molecular complexity index is 665. The van der Waals surface area contributed by atoms with Crippen molar-refractivity contribution in [3.63, 3.8) is 0 Å². The van der Waals surface area contributed by atoms with Gasteiger partial charge in [0.15, 0.2) is 0 Å². The Hall–Kier alpha value is -2.14. The molecule has 1 aromatic carbocycles. The number of carbonyl (C=O) groups is 1. The monoisotopic (exact) mass is 344 g/mol. The van der Waals surface area contributed by atoms with Crippen molar-refractivity contribution in [2.75, 3.05) is 13.7 Å². The Morgan fingerprint density at radius 1 is 1.20 bits per heavy atom. The van der Waals surface area contributed by atoms with Gasteiger partial charge in [-0.1, -0.05) is 43.7 Å². The molecule has 0 fully saturated rings. The molecular weight excluding hydrogens is 316 g/mol. The molecule has 5 nitrogen and oxygen atoms in total. The maximum Gasteiger partial charge on any atom is 0.342 e. The lowest BCUT2D eigenvalue weighted by Crippen LogP contribution is -2.15. The van der Waals surface area contributed by atoms with Gasteiger partial charge in [-0.2, -0.15) is 5.10 Å². The molecule has 0 N–H and O–H groups in total. The molecule has 2 aromatic rings. The molecule has 0 aliphatic heterocycles. The van der Waals surface area contributed by atoms with Crippen LogP contribution < -0.4 is 0 Å². The second-order valence-electron chi connectivity index (χ2n) is 6.40. The number of ether oxygens (including phenoxy) is 2. The molecule has 2 rings (SSSR count). The highest BCUT2D eigenvalue weighted by molar-refractivity contribution is 5.96. The van der Waals surface area contributed by atoms with Crippen molar-refractivity contribution in [2.45, 2.75) is 52.2 Å². The van der Waals surface area contributed by atoms with Crippen molar-refractivity contribution >= 4 is 5.97 Å². The van der Waals surface area contributed by atoms with Crippen molar-refractivity contribution in [3.05, 3.63) is 42.1 Å². The Labute approximate surface area is 149 Å². The summed E-state index contributed by atoms with van der Waals surface area (Å²) in [5.74, 6) is -0.336. The van der Waals surface area contributed by atoms with Gasteiger partial charge in [0.2, 0.25) is 0 Å². The highest BCUT2D eigenvalue weighted by Crippen LogP contribution is 2.24. The fraction of sp³-hybridized carbons (Fsp3) is 0.500. The SMILES string of the molecule is CCCC(CCOC(=O)c1cn(C(C)C)nc1-c1ccccc1)OC. The lowest BCUT2D eigenvalue weighted by Gasteiger charge is -2.14. The van der Waals surface area contributed by atoms with Crippen LogP contribution in [-0.2, 0) is 9.47 Å². The molecule has 1 aromatic heterocycles. The first-order valence-electron chi connectivity index (χ1n) is 8.91. The van der Waals surface area contributed by atoms with E-state index in [1.165, 1.54) is 0 Å². The molecular formula is C20H28N2O3. The van der Waals surface area contributed by atoms with Gasteiger partial charge >= 0.3 is 5.97 Å². The van der Waals surface area contributed by atoms with E-state index in [1.54, 1.807) is 18.0 Å². The fourth-order valence-corrected chi connectivity index (χ4v) is 2.68. The summed E-state index contributed by atoms with van der Waals surface area (Å²) in [6, 6.07) is 9.89. The first kappa shape index (κ1) is 19.2. The minimum absolute atomic E-state index is 0.129. The lowest BCUT2D eigenvalue weighted by atomic mass is 10.1. The molecule has 0 aliphatic rings. The summed E-state index contributed by atoms with van der Waals surface area (Å²) in [5.41, 5.74) is 2.08. The van der Waals surface area contributed by atoms with Gasteiger partial charge in [-0.15, -0.1) is 0 Å². The first-order valence-corrected chi connectivity index (χ1v) is 8.91. The van der Waals surface area contributed by atoms with Gasteiger partial charge in [-0.25, -0.2) is 4.79 Å². The molecule has 25 heavy (non-hydrogen) atoms. The summed E-state index contributed by atoms with van der Waals surface area (Å²) in [4.78, 5) is 12.6. The van der Waals surface area contributed by atoms with Crippen molar-refractivity contribution < 1.29 is 14.3 Å². The zero-order valence-corrected chi connectivity index (χ0v) is 15.6. The molecule has 0 spiro atoms. The van der Waals surface area contributed by atoms with E-state index in [4.69, 9.17) is 9.47 Å². The molecule has 1 heterocycles. The van der Waals surface area contributed by atoms with E-state index in [0.29, 0.717) is 24.3 Å². The molecule has 1 atom stereocenters. The molecule has 0 saturated heterocycles. The molecule has 1 unspecified atom stereocenters. The fourth-order valence-electron chi connectivity index (χ4n) is 2.68. The Kier molecular flexibility index (Phi) is 7.19. The summed E-state index contributed by atoms with van der Waals surface area (Å²) < 4.78 is 12.7. The van der Waals surface area contributed by atoms with E-state index in [0.717, 1.165) is 18.4 Å². The van der Waals surface area contributed by atoms with E-state index in [-0.39, 0.29) is 18.1 Å². The van der Waals surface area contributed by atoms with Crippen LogP contribution in [0.15, 0.2) is 36.5 Å². The first-order chi connectivity index (χ1) is 12.1. The van der Waals surface area contributed by atoms with E-state index in [9.17, 15) is 4.79 Å². The Morgan fingerprint density at radius 2 is 1.92 bits per heavy atom. The van der Waals surface area contributed by atoms with E-state index in [2.05, 4.69) is 12.0 Å². The molecule has 5 heteroatoms. The van der Waals surface area contributed by atoms with Gasteiger partial charge in [0.05, 0.1) is 12.7 Å². The summed E-state index contributed by atoms with van der Waals surface area (Å²) in [5, 5.41) is 4.58. The number of esters is 1. The van der Waals surface area contributed by atoms with Crippen LogP contribution in [0.2, 0.25) is 0 Å². The topological polar surface area (TPSA) is 53.4 Å². The maximum absolute atomic E-state index is 12.6. The molecule has 0 aliphatic carbocycles. The minimum Gasteiger partial charge on any atom is -0.462 e. The quantitative estimate of drug-likeness (QED) is 0.629. The summed E-state index contributed by atoms with van der Waals surface area (Å²) >= 11 is 0. The van der Waals surface area contributed by atoms with Gasteiger partial charge in [0, 0.05) is 31.3 Å². The normalized spacial score (nSPS) is 12.4. The average molecular weight is 344 g/mol. The molecule has 0 radical (unpaired) electrons. The van der Waals surface area contributed by atoms with E-state index < -0.39 is 0 Å². The van der Waals surface area contributed by atoms with Crippen molar-refractivity contribution in [1.29, 1.82) is 0 Å². The van der Waals surface area contributed by atoms with Crippen LogP contribution in [0.5, 0.6) is 0 Å².